The van der Waals surface area contributed by atoms with Gasteiger partial charge in [-0.1, -0.05) is 34.8 Å². The molecule has 5 heteroatoms. The molecule has 0 aromatic heterocycles. The smallest absolute Gasteiger partial charge is 0.258 e. The molecule has 1 amide bonds. The van der Waals surface area contributed by atoms with Crippen LogP contribution in [0.2, 0.25) is 0 Å². The molecule has 4 nitrogen and oxygen atoms in total. The van der Waals surface area contributed by atoms with Crippen molar-refractivity contribution >= 4 is 21.8 Å². The van der Waals surface area contributed by atoms with Gasteiger partial charge in [0.2, 0.25) is 0 Å². The van der Waals surface area contributed by atoms with Crippen molar-refractivity contribution in [2.45, 2.75) is 44.8 Å². The van der Waals surface area contributed by atoms with Crippen molar-refractivity contribution in [2.24, 2.45) is 0 Å². The summed E-state index contributed by atoms with van der Waals surface area (Å²) < 4.78 is 6.40. The third-order valence-electron chi connectivity index (χ3n) is 3.50. The number of ether oxygens (including phenoxy) is 1. The number of nitrogens with one attached hydrogen (secondary N) is 1. The molecule has 1 aromatic rings. The van der Waals surface area contributed by atoms with Crippen molar-refractivity contribution in [3.63, 3.8) is 0 Å². The van der Waals surface area contributed by atoms with E-state index in [4.69, 9.17) is 4.74 Å². The van der Waals surface area contributed by atoms with E-state index in [0.717, 1.165) is 17.3 Å². The van der Waals surface area contributed by atoms with Gasteiger partial charge in [0.1, 0.15) is 5.75 Å². The number of rotatable bonds is 5. The fourth-order valence-corrected chi connectivity index (χ4v) is 2.80. The first-order valence-corrected chi connectivity index (χ1v) is 7.75. The summed E-state index contributed by atoms with van der Waals surface area (Å²) in [7, 11) is 0. The Morgan fingerprint density at radius 2 is 2.20 bits per heavy atom. The predicted molar refractivity (Wildman–Crippen MR) is 80.7 cm³/mol. The van der Waals surface area contributed by atoms with Crippen LogP contribution in [0.25, 0.3) is 0 Å². The fraction of sp³-hybridized carbons (Fsp3) is 0.533. The van der Waals surface area contributed by atoms with Crippen molar-refractivity contribution in [2.75, 3.05) is 6.61 Å². The molecular formula is C15H20BrNO3. The summed E-state index contributed by atoms with van der Waals surface area (Å²) >= 11 is 3.36. The Kier molecular flexibility index (Phi) is 5.43. The van der Waals surface area contributed by atoms with Gasteiger partial charge >= 0.3 is 0 Å². The topological polar surface area (TPSA) is 58.6 Å². The normalized spacial score (nSPS) is 16.9. The molecule has 0 heterocycles. The van der Waals surface area contributed by atoms with Crippen molar-refractivity contribution in [1.29, 1.82) is 0 Å². The third-order valence-corrected chi connectivity index (χ3v) is 4.00. The zero-order valence-corrected chi connectivity index (χ0v) is 13.1. The molecule has 0 saturated heterocycles. The summed E-state index contributed by atoms with van der Waals surface area (Å²) in [4.78, 5) is 11.8. The molecule has 1 atom stereocenters. The molecule has 0 aliphatic heterocycles. The molecule has 1 aliphatic carbocycles. The van der Waals surface area contributed by atoms with E-state index in [9.17, 15) is 9.90 Å². The number of benzene rings is 1. The standard InChI is InChI=1S/C15H20BrNO3/c1-10(18)13-7-6-11(16)8-14(13)20-9-15(19)17-12-4-2-3-5-12/h6-8,10,12,18H,2-5,9H2,1H3,(H,17,19). The van der Waals surface area contributed by atoms with Crippen LogP contribution in [0.5, 0.6) is 5.75 Å². The first-order valence-electron chi connectivity index (χ1n) is 6.96. The van der Waals surface area contributed by atoms with E-state index in [2.05, 4.69) is 21.2 Å². The van der Waals surface area contributed by atoms with Crippen LogP contribution in [0.15, 0.2) is 22.7 Å². The number of hydrogen-bond acceptors (Lipinski definition) is 3. The summed E-state index contributed by atoms with van der Waals surface area (Å²) in [5.74, 6) is 0.435. The van der Waals surface area contributed by atoms with Crippen LogP contribution in [0.1, 0.15) is 44.3 Å². The molecule has 0 bridgehead atoms. The maximum atomic E-state index is 11.8. The highest BCUT2D eigenvalue weighted by Gasteiger charge is 2.18. The monoisotopic (exact) mass is 341 g/mol. The second-order valence-corrected chi connectivity index (χ2v) is 6.11. The molecule has 2 rings (SSSR count). The minimum Gasteiger partial charge on any atom is -0.483 e. The predicted octanol–water partition coefficient (Wildman–Crippen LogP) is 2.94. The van der Waals surface area contributed by atoms with Gasteiger partial charge in [-0.05, 0) is 31.9 Å². The summed E-state index contributed by atoms with van der Waals surface area (Å²) in [6, 6.07) is 5.70. The number of carbonyl (C=O) groups excluding carboxylic acids is 1. The number of aliphatic hydroxyl groups excluding tert-OH is 1. The van der Waals surface area contributed by atoms with E-state index < -0.39 is 6.10 Å². The number of amides is 1. The molecule has 1 aliphatic rings. The molecule has 1 unspecified atom stereocenters. The van der Waals surface area contributed by atoms with Crippen molar-refractivity contribution in [1.82, 2.24) is 5.32 Å². The zero-order valence-electron chi connectivity index (χ0n) is 11.6. The van der Waals surface area contributed by atoms with Crippen molar-refractivity contribution < 1.29 is 14.6 Å². The lowest BCUT2D eigenvalue weighted by Gasteiger charge is -2.15. The van der Waals surface area contributed by atoms with Gasteiger partial charge in [-0.15, -0.1) is 0 Å². The Bertz CT molecular complexity index is 470. The molecule has 1 fully saturated rings. The fourth-order valence-electron chi connectivity index (χ4n) is 2.46. The highest BCUT2D eigenvalue weighted by atomic mass is 79.9. The maximum Gasteiger partial charge on any atom is 0.258 e. The Balaban J connectivity index is 1.92. The molecule has 2 N–H and O–H groups in total. The molecular weight excluding hydrogens is 322 g/mol. The Labute approximate surface area is 127 Å². The lowest BCUT2D eigenvalue weighted by molar-refractivity contribution is -0.123. The Hall–Kier alpha value is -1.07. The molecule has 0 radical (unpaired) electrons. The van der Waals surface area contributed by atoms with E-state index in [1.165, 1.54) is 12.8 Å². The molecule has 1 aromatic carbocycles. The second kappa shape index (κ2) is 7.09. The van der Waals surface area contributed by atoms with Crippen LogP contribution < -0.4 is 10.1 Å². The van der Waals surface area contributed by atoms with E-state index in [0.29, 0.717) is 17.4 Å². The van der Waals surface area contributed by atoms with Gasteiger partial charge in [0, 0.05) is 16.1 Å². The van der Waals surface area contributed by atoms with Gasteiger partial charge in [-0.2, -0.15) is 0 Å². The second-order valence-electron chi connectivity index (χ2n) is 5.20. The van der Waals surface area contributed by atoms with Crippen LogP contribution in [0.4, 0.5) is 0 Å². The van der Waals surface area contributed by atoms with Crippen molar-refractivity contribution in [3.05, 3.63) is 28.2 Å². The number of hydrogen-bond donors (Lipinski definition) is 2. The molecule has 20 heavy (non-hydrogen) atoms. The van der Waals surface area contributed by atoms with Crippen LogP contribution in [0.3, 0.4) is 0 Å². The number of carbonyl (C=O) groups is 1. The largest absolute Gasteiger partial charge is 0.483 e. The van der Waals surface area contributed by atoms with Gasteiger partial charge < -0.3 is 15.2 Å². The maximum absolute atomic E-state index is 11.8. The lowest BCUT2D eigenvalue weighted by Crippen LogP contribution is -2.36. The first kappa shape index (κ1) is 15.3. The van der Waals surface area contributed by atoms with Gasteiger partial charge in [0.15, 0.2) is 6.61 Å². The quantitative estimate of drug-likeness (QED) is 0.865. The first-order chi connectivity index (χ1) is 9.56. The van der Waals surface area contributed by atoms with E-state index in [-0.39, 0.29) is 12.5 Å². The van der Waals surface area contributed by atoms with E-state index >= 15 is 0 Å². The summed E-state index contributed by atoms with van der Waals surface area (Å²) in [5.41, 5.74) is 0.682. The van der Waals surface area contributed by atoms with E-state index in [1.807, 2.05) is 6.07 Å². The number of halogens is 1. The molecule has 0 spiro atoms. The minimum atomic E-state index is -0.629. The Morgan fingerprint density at radius 1 is 1.50 bits per heavy atom. The van der Waals surface area contributed by atoms with Gasteiger partial charge in [0.25, 0.3) is 5.91 Å². The minimum absolute atomic E-state index is 0.0212. The highest BCUT2D eigenvalue weighted by Crippen LogP contribution is 2.28. The van der Waals surface area contributed by atoms with Crippen LogP contribution in [-0.2, 0) is 4.79 Å². The summed E-state index contributed by atoms with van der Waals surface area (Å²) in [5, 5.41) is 12.7. The summed E-state index contributed by atoms with van der Waals surface area (Å²) in [6.45, 7) is 1.65. The van der Waals surface area contributed by atoms with Crippen LogP contribution in [0, 0.1) is 0 Å². The van der Waals surface area contributed by atoms with Gasteiger partial charge in [-0.25, -0.2) is 0 Å². The highest BCUT2D eigenvalue weighted by molar-refractivity contribution is 9.10. The van der Waals surface area contributed by atoms with Gasteiger partial charge in [-0.3, -0.25) is 4.79 Å². The lowest BCUT2D eigenvalue weighted by atomic mass is 10.1. The van der Waals surface area contributed by atoms with E-state index in [1.54, 1.807) is 19.1 Å². The van der Waals surface area contributed by atoms with Crippen molar-refractivity contribution in [3.8, 4) is 5.75 Å². The zero-order chi connectivity index (χ0) is 14.5. The summed E-state index contributed by atoms with van der Waals surface area (Å²) in [6.07, 6.45) is 3.85. The average Bonchev–Trinajstić information content (AvgIpc) is 2.89. The SMILES string of the molecule is CC(O)c1ccc(Br)cc1OCC(=O)NC1CCCC1. The van der Waals surface area contributed by atoms with Gasteiger partial charge in [0.05, 0.1) is 6.10 Å². The third kappa shape index (κ3) is 4.21. The molecule has 110 valence electrons. The Morgan fingerprint density at radius 3 is 2.85 bits per heavy atom. The van der Waals surface area contributed by atoms with Crippen LogP contribution in [-0.4, -0.2) is 23.7 Å². The van der Waals surface area contributed by atoms with Crippen LogP contribution >= 0.6 is 15.9 Å². The average molecular weight is 342 g/mol. The number of aliphatic hydroxyl groups is 1. The molecule has 1 saturated carbocycles.